The number of carbonyl (C=O) groups excluding carboxylic acids is 1. The molecule has 1 aliphatic carbocycles. The van der Waals surface area contributed by atoms with Crippen LogP contribution >= 0.6 is 0 Å². The van der Waals surface area contributed by atoms with E-state index < -0.39 is 0 Å². The molecular formula is C16H23N3O. The maximum absolute atomic E-state index is 11.7. The van der Waals surface area contributed by atoms with Crippen LogP contribution in [0.4, 0.5) is 5.69 Å². The molecule has 2 rings (SSSR count). The molecule has 0 bridgehead atoms. The van der Waals surface area contributed by atoms with Crippen molar-refractivity contribution in [1.29, 1.82) is 0 Å². The number of anilines is 1. The van der Waals surface area contributed by atoms with Crippen molar-refractivity contribution in [1.82, 2.24) is 5.43 Å². The first-order valence-corrected chi connectivity index (χ1v) is 7.39. The van der Waals surface area contributed by atoms with Crippen molar-refractivity contribution in [2.45, 2.75) is 45.4 Å². The van der Waals surface area contributed by atoms with Crippen LogP contribution in [0.2, 0.25) is 0 Å². The van der Waals surface area contributed by atoms with Gasteiger partial charge in [-0.05, 0) is 44.7 Å². The number of nitrogens with one attached hydrogen (secondary N) is 2. The normalized spacial score (nSPS) is 15.3. The van der Waals surface area contributed by atoms with Crippen LogP contribution in [0.5, 0.6) is 0 Å². The molecule has 0 aliphatic heterocycles. The Bertz CT molecular complexity index is 455. The van der Waals surface area contributed by atoms with E-state index in [-0.39, 0.29) is 12.5 Å². The first kappa shape index (κ1) is 14.6. The van der Waals surface area contributed by atoms with Gasteiger partial charge < -0.3 is 5.32 Å². The minimum Gasteiger partial charge on any atom is -0.376 e. The lowest BCUT2D eigenvalue weighted by molar-refractivity contribution is -0.119. The van der Waals surface area contributed by atoms with Gasteiger partial charge in [-0.1, -0.05) is 30.5 Å². The predicted octanol–water partition coefficient (Wildman–Crippen LogP) is 3.23. The third-order valence-corrected chi connectivity index (χ3v) is 3.52. The van der Waals surface area contributed by atoms with Gasteiger partial charge in [-0.25, -0.2) is 5.43 Å². The summed E-state index contributed by atoms with van der Waals surface area (Å²) in [6.07, 6.45) is 6.98. The van der Waals surface area contributed by atoms with Crippen LogP contribution in [0, 0.1) is 6.92 Å². The molecule has 0 aromatic heterocycles. The SMILES string of the molecule is Cc1ccc(NCC(=O)NN=C2CCCCCC2)cc1. The number of hydrogen-bond acceptors (Lipinski definition) is 3. The monoisotopic (exact) mass is 273 g/mol. The lowest BCUT2D eigenvalue weighted by Crippen LogP contribution is -2.26. The number of nitrogens with zero attached hydrogens (tertiary/aromatic N) is 1. The van der Waals surface area contributed by atoms with E-state index in [1.807, 2.05) is 31.2 Å². The van der Waals surface area contributed by atoms with Crippen molar-refractivity contribution in [3.63, 3.8) is 0 Å². The molecular weight excluding hydrogens is 250 g/mol. The van der Waals surface area contributed by atoms with Crippen LogP contribution < -0.4 is 10.7 Å². The van der Waals surface area contributed by atoms with E-state index in [0.29, 0.717) is 0 Å². The van der Waals surface area contributed by atoms with Crippen LogP contribution in [0.15, 0.2) is 29.4 Å². The van der Waals surface area contributed by atoms with Gasteiger partial charge in [0.25, 0.3) is 5.91 Å². The molecule has 2 N–H and O–H groups in total. The maximum Gasteiger partial charge on any atom is 0.259 e. The number of hydrogen-bond donors (Lipinski definition) is 2. The summed E-state index contributed by atoms with van der Waals surface area (Å²) in [5.41, 5.74) is 5.94. The highest BCUT2D eigenvalue weighted by Crippen LogP contribution is 2.14. The Labute approximate surface area is 120 Å². The van der Waals surface area contributed by atoms with Crippen molar-refractivity contribution in [2.24, 2.45) is 5.10 Å². The Morgan fingerprint density at radius 3 is 2.40 bits per heavy atom. The fourth-order valence-electron chi connectivity index (χ4n) is 2.28. The van der Waals surface area contributed by atoms with Gasteiger partial charge in [0.15, 0.2) is 0 Å². The lowest BCUT2D eigenvalue weighted by Gasteiger charge is -2.06. The molecule has 1 aromatic carbocycles. The number of rotatable bonds is 4. The second-order valence-corrected chi connectivity index (χ2v) is 5.35. The molecule has 0 unspecified atom stereocenters. The van der Waals surface area contributed by atoms with E-state index in [9.17, 15) is 4.79 Å². The van der Waals surface area contributed by atoms with Crippen molar-refractivity contribution >= 4 is 17.3 Å². The van der Waals surface area contributed by atoms with Crippen LogP contribution in [0.3, 0.4) is 0 Å². The standard InChI is InChI=1S/C16H23N3O/c1-13-8-10-14(11-9-13)17-12-16(20)19-18-15-6-4-2-3-5-7-15/h8-11,17H,2-7,12H2,1H3,(H,19,20). The summed E-state index contributed by atoms with van der Waals surface area (Å²) in [5, 5.41) is 7.34. The van der Waals surface area contributed by atoms with E-state index in [2.05, 4.69) is 15.8 Å². The molecule has 0 saturated heterocycles. The third-order valence-electron chi connectivity index (χ3n) is 3.52. The van der Waals surface area contributed by atoms with Crippen LogP contribution in [0.25, 0.3) is 0 Å². The van der Waals surface area contributed by atoms with E-state index in [1.165, 1.54) is 31.2 Å². The number of hydrazone groups is 1. The van der Waals surface area contributed by atoms with Gasteiger partial charge in [0, 0.05) is 11.4 Å². The van der Waals surface area contributed by atoms with E-state index in [1.54, 1.807) is 0 Å². The molecule has 4 heteroatoms. The van der Waals surface area contributed by atoms with Crippen molar-refractivity contribution in [2.75, 3.05) is 11.9 Å². The van der Waals surface area contributed by atoms with Crippen LogP contribution in [-0.2, 0) is 4.79 Å². The quantitative estimate of drug-likeness (QED) is 0.653. The summed E-state index contributed by atoms with van der Waals surface area (Å²) >= 11 is 0. The van der Waals surface area contributed by atoms with Gasteiger partial charge >= 0.3 is 0 Å². The molecule has 108 valence electrons. The average Bonchev–Trinajstić information content (AvgIpc) is 2.73. The van der Waals surface area contributed by atoms with Crippen molar-refractivity contribution in [3.8, 4) is 0 Å². The Hall–Kier alpha value is -1.84. The Kier molecular flexibility index (Phi) is 5.59. The second-order valence-electron chi connectivity index (χ2n) is 5.35. The minimum absolute atomic E-state index is 0.0951. The number of benzene rings is 1. The molecule has 1 aliphatic rings. The zero-order valence-electron chi connectivity index (χ0n) is 12.1. The average molecular weight is 273 g/mol. The van der Waals surface area contributed by atoms with Gasteiger partial charge in [-0.15, -0.1) is 0 Å². The Balaban J connectivity index is 1.74. The van der Waals surface area contributed by atoms with Gasteiger partial charge in [-0.2, -0.15) is 5.10 Å². The molecule has 1 amide bonds. The fourth-order valence-corrected chi connectivity index (χ4v) is 2.28. The minimum atomic E-state index is -0.0951. The highest BCUT2D eigenvalue weighted by molar-refractivity contribution is 5.87. The summed E-state index contributed by atoms with van der Waals surface area (Å²) < 4.78 is 0. The molecule has 1 aromatic rings. The highest BCUT2D eigenvalue weighted by atomic mass is 16.2. The fraction of sp³-hybridized carbons (Fsp3) is 0.500. The smallest absolute Gasteiger partial charge is 0.259 e. The molecule has 0 radical (unpaired) electrons. The topological polar surface area (TPSA) is 53.5 Å². The van der Waals surface area contributed by atoms with Crippen molar-refractivity contribution in [3.05, 3.63) is 29.8 Å². The van der Waals surface area contributed by atoms with Gasteiger partial charge in [0.1, 0.15) is 0 Å². The first-order chi connectivity index (χ1) is 9.74. The van der Waals surface area contributed by atoms with Crippen LogP contribution in [-0.4, -0.2) is 18.2 Å². The molecule has 0 atom stereocenters. The molecule has 20 heavy (non-hydrogen) atoms. The van der Waals surface area contributed by atoms with Gasteiger partial charge in [0.05, 0.1) is 6.54 Å². The molecule has 4 nitrogen and oxygen atoms in total. The summed E-state index contributed by atoms with van der Waals surface area (Å²) in [4.78, 5) is 11.7. The second kappa shape index (κ2) is 7.68. The third kappa shape index (κ3) is 5.03. The predicted molar refractivity (Wildman–Crippen MR) is 82.9 cm³/mol. The maximum atomic E-state index is 11.7. The summed E-state index contributed by atoms with van der Waals surface area (Å²) in [6, 6.07) is 7.98. The number of carbonyl (C=O) groups is 1. The summed E-state index contributed by atoms with van der Waals surface area (Å²) in [5.74, 6) is -0.0951. The highest BCUT2D eigenvalue weighted by Gasteiger charge is 2.06. The van der Waals surface area contributed by atoms with Crippen molar-refractivity contribution < 1.29 is 4.79 Å². The van der Waals surface area contributed by atoms with Gasteiger partial charge in [-0.3, -0.25) is 4.79 Å². The van der Waals surface area contributed by atoms with E-state index in [0.717, 1.165) is 24.2 Å². The zero-order chi connectivity index (χ0) is 14.2. The molecule has 0 spiro atoms. The largest absolute Gasteiger partial charge is 0.376 e. The number of amides is 1. The summed E-state index contributed by atoms with van der Waals surface area (Å²) in [7, 11) is 0. The van der Waals surface area contributed by atoms with Gasteiger partial charge in [0.2, 0.25) is 0 Å². The van der Waals surface area contributed by atoms with E-state index in [4.69, 9.17) is 0 Å². The van der Waals surface area contributed by atoms with E-state index >= 15 is 0 Å². The molecule has 1 saturated carbocycles. The first-order valence-electron chi connectivity index (χ1n) is 7.39. The van der Waals surface area contributed by atoms with Crippen LogP contribution in [0.1, 0.15) is 44.1 Å². The zero-order valence-corrected chi connectivity index (χ0v) is 12.1. The molecule has 0 heterocycles. The summed E-state index contributed by atoms with van der Waals surface area (Å²) in [6.45, 7) is 2.29. The molecule has 1 fully saturated rings. The Morgan fingerprint density at radius 1 is 1.10 bits per heavy atom. The Morgan fingerprint density at radius 2 is 1.75 bits per heavy atom. The number of aryl methyl sites for hydroxylation is 1. The lowest BCUT2D eigenvalue weighted by atomic mass is 10.2.